The van der Waals surface area contributed by atoms with E-state index in [0.29, 0.717) is 11.6 Å². The number of rotatable bonds is 8. The first-order valence-electron chi connectivity index (χ1n) is 6.80. The average Bonchev–Trinajstić information content (AvgIpc) is 2.38. The number of aliphatic hydroxyl groups excluding tert-OH is 1. The number of hydrogen-bond acceptors (Lipinski definition) is 2. The minimum Gasteiger partial charge on any atom is -0.393 e. The third-order valence-electron chi connectivity index (χ3n) is 3.21. The Morgan fingerprint density at radius 3 is 2.58 bits per heavy atom. The van der Waals surface area contributed by atoms with E-state index in [1.54, 1.807) is 0 Å². The summed E-state index contributed by atoms with van der Waals surface area (Å²) in [6.45, 7) is 4.80. The van der Waals surface area contributed by atoms with Gasteiger partial charge in [-0.1, -0.05) is 60.3 Å². The summed E-state index contributed by atoms with van der Waals surface area (Å²) in [6.07, 6.45) is 3.74. The molecule has 0 aliphatic rings. The SMILES string of the molecule is CCCCOC(CO)(CCC)c1ccc(Br)cc1Cl. The zero-order valence-corrected chi connectivity index (χ0v) is 13.9. The lowest BCUT2D eigenvalue weighted by atomic mass is 9.89. The first-order chi connectivity index (χ1) is 9.09. The van der Waals surface area contributed by atoms with Gasteiger partial charge in [0.25, 0.3) is 0 Å². The van der Waals surface area contributed by atoms with Crippen molar-refractivity contribution >= 4 is 27.5 Å². The van der Waals surface area contributed by atoms with Crippen molar-refractivity contribution in [1.82, 2.24) is 0 Å². The molecular weight excluding hydrogens is 328 g/mol. The van der Waals surface area contributed by atoms with Gasteiger partial charge in [-0.05, 0) is 25.0 Å². The second-order valence-corrected chi connectivity index (χ2v) is 6.05. The standard InChI is InChI=1S/C15H22BrClO2/c1-3-5-9-19-15(11-18,8-4-2)13-7-6-12(16)10-14(13)17/h6-7,10,18H,3-5,8-9,11H2,1-2H3. The zero-order valence-electron chi connectivity index (χ0n) is 11.6. The molecule has 0 spiro atoms. The lowest BCUT2D eigenvalue weighted by Crippen LogP contribution is -2.34. The minimum absolute atomic E-state index is 0.0497. The Kier molecular flexibility index (Phi) is 7.37. The van der Waals surface area contributed by atoms with Gasteiger partial charge in [0, 0.05) is 21.7 Å². The molecule has 1 atom stereocenters. The van der Waals surface area contributed by atoms with Crippen molar-refractivity contribution in [2.24, 2.45) is 0 Å². The molecule has 0 saturated heterocycles. The predicted octanol–water partition coefficient (Wildman–Crippen LogP) is 4.91. The fraction of sp³-hybridized carbons (Fsp3) is 0.600. The summed E-state index contributed by atoms with van der Waals surface area (Å²) < 4.78 is 6.95. The van der Waals surface area contributed by atoms with Crippen LogP contribution in [0.15, 0.2) is 22.7 Å². The Balaban J connectivity index is 3.05. The highest BCUT2D eigenvalue weighted by Gasteiger charge is 2.33. The lowest BCUT2D eigenvalue weighted by molar-refractivity contribution is -0.0921. The Morgan fingerprint density at radius 1 is 1.32 bits per heavy atom. The highest BCUT2D eigenvalue weighted by molar-refractivity contribution is 9.10. The number of hydrogen-bond donors (Lipinski definition) is 1. The van der Waals surface area contributed by atoms with Crippen LogP contribution in [0, 0.1) is 0 Å². The molecule has 0 saturated carbocycles. The van der Waals surface area contributed by atoms with Gasteiger partial charge in [-0.3, -0.25) is 0 Å². The first-order valence-corrected chi connectivity index (χ1v) is 7.97. The van der Waals surface area contributed by atoms with Crippen LogP contribution < -0.4 is 0 Å². The average molecular weight is 350 g/mol. The monoisotopic (exact) mass is 348 g/mol. The molecule has 0 amide bonds. The number of aliphatic hydroxyl groups is 1. The molecule has 1 unspecified atom stereocenters. The molecule has 4 heteroatoms. The molecule has 1 aromatic rings. The van der Waals surface area contributed by atoms with Crippen LogP contribution in [-0.4, -0.2) is 18.3 Å². The van der Waals surface area contributed by atoms with Crippen LogP contribution in [-0.2, 0) is 10.3 Å². The van der Waals surface area contributed by atoms with E-state index in [-0.39, 0.29) is 6.61 Å². The molecule has 1 N–H and O–H groups in total. The molecule has 0 bridgehead atoms. The maximum Gasteiger partial charge on any atom is 0.117 e. The molecule has 108 valence electrons. The molecule has 1 rings (SSSR count). The summed E-state index contributed by atoms with van der Waals surface area (Å²) in [5, 5.41) is 10.5. The van der Waals surface area contributed by atoms with Gasteiger partial charge in [-0.15, -0.1) is 0 Å². The number of ether oxygens (including phenoxy) is 1. The molecule has 0 radical (unpaired) electrons. The summed E-state index contributed by atoms with van der Waals surface area (Å²) in [5.41, 5.74) is 0.194. The van der Waals surface area contributed by atoms with Gasteiger partial charge >= 0.3 is 0 Å². The molecule has 0 aliphatic carbocycles. The number of benzene rings is 1. The maximum atomic E-state index is 9.86. The fourth-order valence-electron chi connectivity index (χ4n) is 2.17. The zero-order chi connectivity index (χ0) is 14.3. The third-order valence-corrected chi connectivity index (χ3v) is 4.01. The molecule has 1 aromatic carbocycles. The van der Waals surface area contributed by atoms with Gasteiger partial charge in [-0.25, -0.2) is 0 Å². The third kappa shape index (κ3) is 4.45. The van der Waals surface area contributed by atoms with E-state index in [1.165, 1.54) is 0 Å². The lowest BCUT2D eigenvalue weighted by Gasteiger charge is -2.33. The van der Waals surface area contributed by atoms with Crippen LogP contribution in [0.4, 0.5) is 0 Å². The van der Waals surface area contributed by atoms with Gasteiger partial charge in [0.2, 0.25) is 0 Å². The van der Waals surface area contributed by atoms with Crippen LogP contribution in [0.2, 0.25) is 5.02 Å². The Labute approximate surface area is 129 Å². The summed E-state index contributed by atoms with van der Waals surface area (Å²) >= 11 is 9.72. The van der Waals surface area contributed by atoms with E-state index in [4.69, 9.17) is 16.3 Å². The van der Waals surface area contributed by atoms with E-state index >= 15 is 0 Å². The van der Waals surface area contributed by atoms with Gasteiger partial charge in [0.05, 0.1) is 6.61 Å². The van der Waals surface area contributed by atoms with Gasteiger partial charge < -0.3 is 9.84 Å². The Hall–Kier alpha value is -0.0900. The summed E-state index contributed by atoms with van der Waals surface area (Å²) in [4.78, 5) is 0. The first kappa shape index (κ1) is 17.0. The molecule has 2 nitrogen and oxygen atoms in total. The summed E-state index contributed by atoms with van der Waals surface area (Å²) in [6, 6.07) is 5.72. The Morgan fingerprint density at radius 2 is 2.05 bits per heavy atom. The van der Waals surface area contributed by atoms with Crippen LogP contribution >= 0.6 is 27.5 Å². The van der Waals surface area contributed by atoms with E-state index in [0.717, 1.165) is 35.7 Å². The van der Waals surface area contributed by atoms with Crippen LogP contribution in [0.1, 0.15) is 45.1 Å². The van der Waals surface area contributed by atoms with Crippen LogP contribution in [0.3, 0.4) is 0 Å². The highest BCUT2D eigenvalue weighted by atomic mass is 79.9. The Bertz CT molecular complexity index is 398. The topological polar surface area (TPSA) is 29.5 Å². The normalized spacial score (nSPS) is 14.4. The second kappa shape index (κ2) is 8.25. The van der Waals surface area contributed by atoms with Crippen molar-refractivity contribution in [3.05, 3.63) is 33.3 Å². The van der Waals surface area contributed by atoms with E-state index in [2.05, 4.69) is 29.8 Å². The van der Waals surface area contributed by atoms with Crippen LogP contribution in [0.25, 0.3) is 0 Å². The molecule has 0 fully saturated rings. The largest absolute Gasteiger partial charge is 0.393 e. The fourth-order valence-corrected chi connectivity index (χ4v) is 3.01. The van der Waals surface area contributed by atoms with Gasteiger partial charge in [0.1, 0.15) is 5.60 Å². The smallest absolute Gasteiger partial charge is 0.117 e. The quantitative estimate of drug-likeness (QED) is 0.676. The van der Waals surface area contributed by atoms with Gasteiger partial charge in [-0.2, -0.15) is 0 Å². The minimum atomic E-state index is -0.679. The molecule has 0 heterocycles. The number of unbranched alkanes of at least 4 members (excludes halogenated alkanes) is 1. The van der Waals surface area contributed by atoms with Crippen molar-refractivity contribution in [3.63, 3.8) is 0 Å². The van der Waals surface area contributed by atoms with E-state index in [9.17, 15) is 5.11 Å². The maximum absolute atomic E-state index is 9.86. The molecule has 19 heavy (non-hydrogen) atoms. The summed E-state index contributed by atoms with van der Waals surface area (Å²) in [5.74, 6) is 0. The van der Waals surface area contributed by atoms with Crippen molar-refractivity contribution in [2.75, 3.05) is 13.2 Å². The van der Waals surface area contributed by atoms with Crippen molar-refractivity contribution in [1.29, 1.82) is 0 Å². The predicted molar refractivity (Wildman–Crippen MR) is 83.7 cm³/mol. The summed E-state index contributed by atoms with van der Waals surface area (Å²) in [7, 11) is 0. The molecule has 0 aromatic heterocycles. The van der Waals surface area contributed by atoms with Gasteiger partial charge in [0.15, 0.2) is 0 Å². The number of halogens is 2. The van der Waals surface area contributed by atoms with Crippen molar-refractivity contribution < 1.29 is 9.84 Å². The molecule has 0 aliphatic heterocycles. The van der Waals surface area contributed by atoms with Crippen LogP contribution in [0.5, 0.6) is 0 Å². The van der Waals surface area contributed by atoms with E-state index in [1.807, 2.05) is 18.2 Å². The molecular formula is C15H22BrClO2. The highest BCUT2D eigenvalue weighted by Crippen LogP contribution is 2.36. The van der Waals surface area contributed by atoms with Crippen molar-refractivity contribution in [2.45, 2.75) is 45.1 Å². The van der Waals surface area contributed by atoms with Crippen molar-refractivity contribution in [3.8, 4) is 0 Å². The van der Waals surface area contributed by atoms with E-state index < -0.39 is 5.60 Å². The second-order valence-electron chi connectivity index (χ2n) is 4.73.